The fourth-order valence-electron chi connectivity index (χ4n) is 3.26. The number of carbonyl (C=O) groups excluding carboxylic acids is 1. The van der Waals surface area contributed by atoms with Crippen molar-refractivity contribution in [2.75, 3.05) is 6.61 Å². The molecule has 3 rings (SSSR count). The number of nitrogens with one attached hydrogen (secondary N) is 1. The number of oxime groups is 1. The van der Waals surface area contributed by atoms with Gasteiger partial charge in [0.1, 0.15) is 13.2 Å². The molecule has 1 N–H and O–H groups in total. The number of hydrogen-bond acceptors (Lipinski definition) is 5. The number of nitrogens with zero attached hydrogens (tertiary/aromatic N) is 1. The van der Waals surface area contributed by atoms with Gasteiger partial charge in [-0.05, 0) is 42.2 Å². The minimum Gasteiger partial charge on any atom is -0.485 e. The van der Waals surface area contributed by atoms with Crippen molar-refractivity contribution in [3.05, 3.63) is 95.6 Å². The van der Waals surface area contributed by atoms with E-state index in [0.717, 1.165) is 29.5 Å². The van der Waals surface area contributed by atoms with Crippen LogP contribution in [0.1, 0.15) is 43.4 Å². The molecule has 0 fully saturated rings. The molecule has 0 aromatic heterocycles. The van der Waals surface area contributed by atoms with Gasteiger partial charge in [0, 0.05) is 11.6 Å². The zero-order valence-corrected chi connectivity index (χ0v) is 19.8. The first kappa shape index (κ1) is 24.8. The van der Waals surface area contributed by atoms with Crippen LogP contribution in [0.15, 0.2) is 84.0 Å². The van der Waals surface area contributed by atoms with E-state index in [1.165, 1.54) is 0 Å². The maximum Gasteiger partial charge on any atom is 0.260 e. The fourth-order valence-corrected chi connectivity index (χ4v) is 3.26. The first-order valence-electron chi connectivity index (χ1n) is 11.6. The molecule has 3 aromatic rings. The summed E-state index contributed by atoms with van der Waals surface area (Å²) in [7, 11) is 0. The van der Waals surface area contributed by atoms with E-state index in [2.05, 4.69) is 10.5 Å². The van der Waals surface area contributed by atoms with Gasteiger partial charge in [-0.15, -0.1) is 0 Å². The molecule has 0 saturated heterocycles. The molecular weight excluding hydrogens is 428 g/mol. The molecule has 0 spiro atoms. The Morgan fingerprint density at radius 1 is 0.853 bits per heavy atom. The standard InChI is InChI=1S/C28H32N2O4/c1-3-25(4-2)30-28(31)21-34-29-18-24-15-16-26(32-19-22-11-7-5-8-12-22)27(17-24)33-20-23-13-9-6-10-14-23/h5-18,25H,3-4,19-21H2,1-2H3,(H,30,31)/b29-18+. The predicted octanol–water partition coefficient (Wildman–Crippen LogP) is 5.50. The van der Waals surface area contributed by atoms with E-state index in [1.807, 2.05) is 92.7 Å². The van der Waals surface area contributed by atoms with E-state index >= 15 is 0 Å². The van der Waals surface area contributed by atoms with Crippen molar-refractivity contribution in [3.63, 3.8) is 0 Å². The zero-order chi connectivity index (χ0) is 24.0. The Hall–Kier alpha value is -3.80. The van der Waals surface area contributed by atoms with Crippen molar-refractivity contribution in [1.82, 2.24) is 5.32 Å². The number of benzene rings is 3. The average Bonchev–Trinajstić information content (AvgIpc) is 2.89. The van der Waals surface area contributed by atoms with E-state index in [-0.39, 0.29) is 18.6 Å². The summed E-state index contributed by atoms with van der Waals surface area (Å²) >= 11 is 0. The molecule has 0 bridgehead atoms. The lowest BCUT2D eigenvalue weighted by atomic mass is 10.2. The molecule has 34 heavy (non-hydrogen) atoms. The highest BCUT2D eigenvalue weighted by Crippen LogP contribution is 2.29. The molecule has 0 unspecified atom stereocenters. The highest BCUT2D eigenvalue weighted by Gasteiger charge is 2.09. The Morgan fingerprint density at radius 3 is 2.03 bits per heavy atom. The molecule has 1 amide bonds. The molecule has 0 radical (unpaired) electrons. The Morgan fingerprint density at radius 2 is 1.44 bits per heavy atom. The van der Waals surface area contributed by atoms with Crippen LogP contribution in [0.4, 0.5) is 0 Å². The summed E-state index contributed by atoms with van der Waals surface area (Å²) < 4.78 is 12.1. The third kappa shape index (κ3) is 8.28. The summed E-state index contributed by atoms with van der Waals surface area (Å²) in [6.07, 6.45) is 3.33. The number of hydrogen-bond donors (Lipinski definition) is 1. The van der Waals surface area contributed by atoms with Gasteiger partial charge in [-0.1, -0.05) is 79.7 Å². The lowest BCUT2D eigenvalue weighted by Gasteiger charge is -2.14. The number of rotatable bonds is 13. The normalized spacial score (nSPS) is 10.9. The van der Waals surface area contributed by atoms with E-state index in [9.17, 15) is 4.79 Å². The van der Waals surface area contributed by atoms with E-state index in [1.54, 1.807) is 6.21 Å². The third-order valence-electron chi connectivity index (χ3n) is 5.26. The maximum absolute atomic E-state index is 11.9. The van der Waals surface area contributed by atoms with Gasteiger partial charge in [0.05, 0.1) is 6.21 Å². The average molecular weight is 461 g/mol. The van der Waals surface area contributed by atoms with Gasteiger partial charge < -0.3 is 19.6 Å². The van der Waals surface area contributed by atoms with Crippen molar-refractivity contribution in [2.45, 2.75) is 45.9 Å². The van der Waals surface area contributed by atoms with Gasteiger partial charge >= 0.3 is 0 Å². The first-order valence-corrected chi connectivity index (χ1v) is 11.6. The van der Waals surface area contributed by atoms with Crippen LogP contribution in [0.3, 0.4) is 0 Å². The second-order valence-corrected chi connectivity index (χ2v) is 7.84. The summed E-state index contributed by atoms with van der Waals surface area (Å²) in [6, 6.07) is 25.6. The summed E-state index contributed by atoms with van der Waals surface area (Å²) in [6.45, 7) is 4.81. The van der Waals surface area contributed by atoms with Crippen molar-refractivity contribution < 1.29 is 19.1 Å². The van der Waals surface area contributed by atoms with Crippen LogP contribution in [-0.4, -0.2) is 24.8 Å². The van der Waals surface area contributed by atoms with E-state index < -0.39 is 0 Å². The molecule has 0 heterocycles. The van der Waals surface area contributed by atoms with Crippen molar-refractivity contribution in [1.29, 1.82) is 0 Å². The van der Waals surface area contributed by atoms with E-state index in [4.69, 9.17) is 14.3 Å². The minimum absolute atomic E-state index is 0.122. The van der Waals surface area contributed by atoms with Crippen LogP contribution in [0.25, 0.3) is 0 Å². The Balaban J connectivity index is 1.63. The maximum atomic E-state index is 11.9. The summed E-state index contributed by atoms with van der Waals surface area (Å²) in [4.78, 5) is 17.1. The lowest BCUT2D eigenvalue weighted by Crippen LogP contribution is -2.36. The van der Waals surface area contributed by atoms with Crippen LogP contribution >= 0.6 is 0 Å². The zero-order valence-electron chi connectivity index (χ0n) is 19.8. The second kappa shape index (κ2) is 13.7. The highest BCUT2D eigenvalue weighted by molar-refractivity contribution is 5.81. The molecule has 0 aliphatic rings. The monoisotopic (exact) mass is 460 g/mol. The summed E-state index contributed by atoms with van der Waals surface area (Å²) in [5.74, 6) is 1.07. The Kier molecular flexibility index (Phi) is 9.99. The number of carbonyl (C=O) groups is 1. The fraction of sp³-hybridized carbons (Fsp3) is 0.286. The van der Waals surface area contributed by atoms with Gasteiger partial charge in [-0.25, -0.2) is 0 Å². The smallest absolute Gasteiger partial charge is 0.260 e. The SMILES string of the molecule is CCC(CC)NC(=O)CO/N=C/c1ccc(OCc2ccccc2)c(OCc2ccccc2)c1. The van der Waals surface area contributed by atoms with Crippen LogP contribution < -0.4 is 14.8 Å². The highest BCUT2D eigenvalue weighted by atomic mass is 16.6. The first-order chi connectivity index (χ1) is 16.7. The quantitative estimate of drug-likeness (QED) is 0.270. The van der Waals surface area contributed by atoms with Gasteiger partial charge in [0.2, 0.25) is 0 Å². The van der Waals surface area contributed by atoms with Crippen LogP contribution in [0.2, 0.25) is 0 Å². The molecule has 3 aromatic carbocycles. The van der Waals surface area contributed by atoms with Gasteiger partial charge in [0.25, 0.3) is 5.91 Å². The Labute approximate surface area is 201 Å². The molecule has 0 aliphatic carbocycles. The molecule has 0 atom stereocenters. The van der Waals surface area contributed by atoms with Crippen LogP contribution in [0.5, 0.6) is 11.5 Å². The molecule has 0 saturated carbocycles. The van der Waals surface area contributed by atoms with Crippen LogP contribution in [-0.2, 0) is 22.8 Å². The van der Waals surface area contributed by atoms with E-state index in [0.29, 0.717) is 24.7 Å². The van der Waals surface area contributed by atoms with Crippen molar-refractivity contribution in [2.24, 2.45) is 5.16 Å². The largest absolute Gasteiger partial charge is 0.485 e. The number of ether oxygens (including phenoxy) is 2. The third-order valence-corrected chi connectivity index (χ3v) is 5.26. The topological polar surface area (TPSA) is 69.2 Å². The lowest BCUT2D eigenvalue weighted by molar-refractivity contribution is -0.126. The second-order valence-electron chi connectivity index (χ2n) is 7.84. The number of amides is 1. The van der Waals surface area contributed by atoms with Gasteiger partial charge in [-0.3, -0.25) is 4.79 Å². The molecule has 6 nitrogen and oxygen atoms in total. The van der Waals surface area contributed by atoms with Crippen LogP contribution in [0, 0.1) is 0 Å². The van der Waals surface area contributed by atoms with Crippen molar-refractivity contribution >= 4 is 12.1 Å². The molecular formula is C28H32N2O4. The van der Waals surface area contributed by atoms with Crippen molar-refractivity contribution in [3.8, 4) is 11.5 Å². The molecule has 178 valence electrons. The van der Waals surface area contributed by atoms with Gasteiger partial charge in [-0.2, -0.15) is 0 Å². The Bertz CT molecular complexity index is 1030. The summed E-state index contributed by atoms with van der Waals surface area (Å²) in [5, 5.41) is 6.86. The molecule has 0 aliphatic heterocycles. The molecule has 6 heteroatoms. The minimum atomic E-state index is -0.178. The predicted molar refractivity (Wildman–Crippen MR) is 134 cm³/mol. The summed E-state index contributed by atoms with van der Waals surface area (Å²) in [5.41, 5.74) is 2.90. The van der Waals surface area contributed by atoms with Gasteiger partial charge in [0.15, 0.2) is 18.1 Å².